The SMILES string of the molecule is Cc1cncc(OCc2ccccc2)c1. The zero-order valence-corrected chi connectivity index (χ0v) is 8.68. The minimum absolute atomic E-state index is 0.589. The van der Waals surface area contributed by atoms with Crippen molar-refractivity contribution in [3.63, 3.8) is 0 Å². The summed E-state index contributed by atoms with van der Waals surface area (Å²) in [5, 5.41) is 0. The predicted molar refractivity (Wildman–Crippen MR) is 59.7 cm³/mol. The number of hydrogen-bond donors (Lipinski definition) is 0. The van der Waals surface area contributed by atoms with Crippen molar-refractivity contribution in [3.05, 3.63) is 59.9 Å². The van der Waals surface area contributed by atoms with E-state index in [-0.39, 0.29) is 0 Å². The predicted octanol–water partition coefficient (Wildman–Crippen LogP) is 2.97. The van der Waals surface area contributed by atoms with Crippen LogP contribution in [0.25, 0.3) is 0 Å². The molecular weight excluding hydrogens is 186 g/mol. The van der Waals surface area contributed by atoms with Gasteiger partial charge in [-0.25, -0.2) is 0 Å². The van der Waals surface area contributed by atoms with E-state index in [1.54, 1.807) is 6.20 Å². The van der Waals surface area contributed by atoms with Gasteiger partial charge < -0.3 is 4.74 Å². The molecule has 0 unspecified atom stereocenters. The average molecular weight is 199 g/mol. The molecule has 1 heterocycles. The van der Waals surface area contributed by atoms with Crippen molar-refractivity contribution in [1.82, 2.24) is 4.98 Å². The topological polar surface area (TPSA) is 22.1 Å². The number of nitrogens with zero attached hydrogens (tertiary/aromatic N) is 1. The van der Waals surface area contributed by atoms with E-state index in [0.29, 0.717) is 6.61 Å². The highest BCUT2D eigenvalue weighted by atomic mass is 16.5. The van der Waals surface area contributed by atoms with Crippen LogP contribution in [0.2, 0.25) is 0 Å². The Kier molecular flexibility index (Phi) is 2.98. The molecule has 2 nitrogen and oxygen atoms in total. The quantitative estimate of drug-likeness (QED) is 0.758. The number of benzene rings is 1. The fraction of sp³-hybridized carbons (Fsp3) is 0.154. The number of pyridine rings is 1. The summed E-state index contributed by atoms with van der Waals surface area (Å²) in [4.78, 5) is 4.07. The van der Waals surface area contributed by atoms with Gasteiger partial charge in [0, 0.05) is 6.20 Å². The Balaban J connectivity index is 1.99. The Morgan fingerprint density at radius 3 is 2.67 bits per heavy atom. The normalized spacial score (nSPS) is 9.93. The van der Waals surface area contributed by atoms with Gasteiger partial charge in [-0.15, -0.1) is 0 Å². The molecule has 2 aromatic rings. The maximum atomic E-state index is 5.61. The monoisotopic (exact) mass is 199 g/mol. The maximum absolute atomic E-state index is 5.61. The van der Waals surface area contributed by atoms with Gasteiger partial charge in [0.15, 0.2) is 0 Å². The van der Waals surface area contributed by atoms with E-state index in [2.05, 4.69) is 4.98 Å². The molecule has 2 rings (SSSR count). The second kappa shape index (κ2) is 4.60. The molecule has 0 aliphatic rings. The van der Waals surface area contributed by atoms with Crippen LogP contribution in [0.15, 0.2) is 48.8 Å². The molecule has 0 saturated carbocycles. The van der Waals surface area contributed by atoms with Crippen LogP contribution in [0.3, 0.4) is 0 Å². The molecule has 1 aromatic carbocycles. The minimum atomic E-state index is 0.589. The van der Waals surface area contributed by atoms with Crippen molar-refractivity contribution in [2.45, 2.75) is 13.5 Å². The zero-order valence-electron chi connectivity index (χ0n) is 8.68. The molecule has 0 amide bonds. The standard InChI is InChI=1S/C13H13NO/c1-11-7-13(9-14-8-11)15-10-12-5-3-2-4-6-12/h2-9H,10H2,1H3. The van der Waals surface area contributed by atoms with Crippen molar-refractivity contribution < 1.29 is 4.74 Å². The van der Waals surface area contributed by atoms with Crippen molar-refractivity contribution in [2.24, 2.45) is 0 Å². The van der Waals surface area contributed by atoms with Crippen molar-refractivity contribution >= 4 is 0 Å². The van der Waals surface area contributed by atoms with E-state index in [1.165, 1.54) is 5.56 Å². The number of ether oxygens (including phenoxy) is 1. The van der Waals surface area contributed by atoms with Gasteiger partial charge in [-0.2, -0.15) is 0 Å². The first kappa shape index (κ1) is 9.71. The Bertz CT molecular complexity index is 426. The third-order valence-electron chi connectivity index (χ3n) is 2.10. The Labute approximate surface area is 89.6 Å². The second-order valence-corrected chi connectivity index (χ2v) is 3.47. The van der Waals surface area contributed by atoms with Crippen LogP contribution >= 0.6 is 0 Å². The summed E-state index contributed by atoms with van der Waals surface area (Å²) in [5.74, 6) is 0.818. The van der Waals surface area contributed by atoms with Crippen LogP contribution in [-0.2, 0) is 6.61 Å². The molecule has 0 N–H and O–H groups in total. The number of rotatable bonds is 3. The first-order valence-electron chi connectivity index (χ1n) is 4.93. The lowest BCUT2D eigenvalue weighted by molar-refractivity contribution is 0.305. The first-order chi connectivity index (χ1) is 7.34. The summed E-state index contributed by atoms with van der Waals surface area (Å²) in [7, 11) is 0. The molecule has 76 valence electrons. The molecule has 0 saturated heterocycles. The molecule has 0 aliphatic heterocycles. The van der Waals surface area contributed by atoms with Crippen LogP contribution in [0.1, 0.15) is 11.1 Å². The van der Waals surface area contributed by atoms with E-state index >= 15 is 0 Å². The minimum Gasteiger partial charge on any atom is -0.487 e. The molecule has 0 bridgehead atoms. The van der Waals surface area contributed by atoms with Gasteiger partial charge in [-0.3, -0.25) is 4.98 Å². The largest absolute Gasteiger partial charge is 0.487 e. The highest BCUT2D eigenvalue weighted by molar-refractivity contribution is 5.23. The number of hydrogen-bond acceptors (Lipinski definition) is 2. The van der Waals surface area contributed by atoms with Crippen LogP contribution in [-0.4, -0.2) is 4.98 Å². The molecule has 1 aromatic heterocycles. The number of aromatic nitrogens is 1. The van der Waals surface area contributed by atoms with Crippen LogP contribution in [0, 0.1) is 6.92 Å². The van der Waals surface area contributed by atoms with Crippen molar-refractivity contribution in [3.8, 4) is 5.75 Å². The van der Waals surface area contributed by atoms with E-state index < -0.39 is 0 Å². The summed E-state index contributed by atoms with van der Waals surface area (Å²) >= 11 is 0. The van der Waals surface area contributed by atoms with Gasteiger partial charge in [-0.05, 0) is 24.1 Å². The summed E-state index contributed by atoms with van der Waals surface area (Å²) in [6.45, 7) is 2.59. The van der Waals surface area contributed by atoms with Crippen LogP contribution in [0.5, 0.6) is 5.75 Å². The molecular formula is C13H13NO. The average Bonchev–Trinajstić information content (AvgIpc) is 2.28. The van der Waals surface area contributed by atoms with Gasteiger partial charge >= 0.3 is 0 Å². The summed E-state index contributed by atoms with van der Waals surface area (Å²) in [6.07, 6.45) is 3.55. The molecule has 15 heavy (non-hydrogen) atoms. The van der Waals surface area contributed by atoms with Gasteiger partial charge in [0.2, 0.25) is 0 Å². The third kappa shape index (κ3) is 2.81. The third-order valence-corrected chi connectivity index (χ3v) is 2.10. The Morgan fingerprint density at radius 1 is 1.13 bits per heavy atom. The molecule has 0 atom stereocenters. The summed E-state index contributed by atoms with van der Waals surface area (Å²) in [5.41, 5.74) is 2.28. The fourth-order valence-corrected chi connectivity index (χ4v) is 1.35. The van der Waals surface area contributed by atoms with Crippen molar-refractivity contribution in [1.29, 1.82) is 0 Å². The van der Waals surface area contributed by atoms with Gasteiger partial charge in [0.25, 0.3) is 0 Å². The number of aryl methyl sites for hydroxylation is 1. The van der Waals surface area contributed by atoms with E-state index in [9.17, 15) is 0 Å². The second-order valence-electron chi connectivity index (χ2n) is 3.47. The lowest BCUT2D eigenvalue weighted by Gasteiger charge is -2.05. The van der Waals surface area contributed by atoms with E-state index in [1.807, 2.05) is 49.5 Å². The Morgan fingerprint density at radius 2 is 1.93 bits per heavy atom. The van der Waals surface area contributed by atoms with Gasteiger partial charge in [-0.1, -0.05) is 30.3 Å². The first-order valence-corrected chi connectivity index (χ1v) is 4.93. The maximum Gasteiger partial charge on any atom is 0.138 e. The lowest BCUT2D eigenvalue weighted by atomic mass is 10.2. The van der Waals surface area contributed by atoms with E-state index in [4.69, 9.17) is 4.74 Å². The molecule has 0 aliphatic carbocycles. The van der Waals surface area contributed by atoms with Gasteiger partial charge in [0.1, 0.15) is 12.4 Å². The lowest BCUT2D eigenvalue weighted by Crippen LogP contribution is -1.95. The molecule has 0 spiro atoms. The van der Waals surface area contributed by atoms with E-state index in [0.717, 1.165) is 11.3 Å². The van der Waals surface area contributed by atoms with Crippen LogP contribution < -0.4 is 4.74 Å². The highest BCUT2D eigenvalue weighted by Crippen LogP contribution is 2.12. The summed E-state index contributed by atoms with van der Waals surface area (Å²) in [6, 6.07) is 12.1. The molecule has 2 heteroatoms. The fourth-order valence-electron chi connectivity index (χ4n) is 1.35. The molecule has 0 fully saturated rings. The summed E-state index contributed by atoms with van der Waals surface area (Å²) < 4.78 is 5.61. The smallest absolute Gasteiger partial charge is 0.138 e. The Hall–Kier alpha value is -1.83. The highest BCUT2D eigenvalue weighted by Gasteiger charge is 1.95. The van der Waals surface area contributed by atoms with Crippen LogP contribution in [0.4, 0.5) is 0 Å². The zero-order chi connectivity index (χ0) is 10.5. The van der Waals surface area contributed by atoms with Gasteiger partial charge in [0.05, 0.1) is 6.20 Å². The molecule has 0 radical (unpaired) electrons. The van der Waals surface area contributed by atoms with Crippen molar-refractivity contribution in [2.75, 3.05) is 0 Å².